The summed E-state index contributed by atoms with van der Waals surface area (Å²) >= 11 is 1.74. The van der Waals surface area contributed by atoms with E-state index >= 15 is 0 Å². The van der Waals surface area contributed by atoms with Crippen molar-refractivity contribution in [1.82, 2.24) is 15.0 Å². The van der Waals surface area contributed by atoms with Crippen LogP contribution in [0.15, 0.2) is 61.6 Å². The van der Waals surface area contributed by atoms with Gasteiger partial charge < -0.3 is 16.0 Å². The molecule has 0 radical (unpaired) electrons. The molecule has 0 amide bonds. The van der Waals surface area contributed by atoms with E-state index in [1.807, 2.05) is 24.5 Å². The average Bonchev–Trinajstić information content (AvgIpc) is 3.26. The summed E-state index contributed by atoms with van der Waals surface area (Å²) in [4.78, 5) is 16.9. The van der Waals surface area contributed by atoms with Gasteiger partial charge in [-0.25, -0.2) is 15.0 Å². The van der Waals surface area contributed by atoms with Crippen molar-refractivity contribution in [2.75, 3.05) is 23.3 Å². The molecule has 4 heterocycles. The monoisotopic (exact) mass is 428 g/mol. The largest absolute Gasteiger partial charge is 0.353 e. The Morgan fingerprint density at radius 3 is 2.77 bits per heavy atom. The van der Waals surface area contributed by atoms with E-state index in [4.69, 9.17) is 5.73 Å². The quantitative estimate of drug-likeness (QED) is 0.469. The Morgan fingerprint density at radius 1 is 1.13 bits per heavy atom. The molecule has 7 heteroatoms. The molecular formula is C24H24N6S. The fourth-order valence-electron chi connectivity index (χ4n) is 3.68. The summed E-state index contributed by atoms with van der Waals surface area (Å²) in [5.41, 5.74) is 8.84. The minimum absolute atomic E-state index is 0.233. The second-order valence-electron chi connectivity index (χ2n) is 7.77. The molecular weight excluding hydrogens is 404 g/mol. The number of benzene rings is 1. The zero-order chi connectivity index (χ0) is 21.4. The Bertz CT molecular complexity index is 1260. The Morgan fingerprint density at radius 2 is 2.00 bits per heavy atom. The summed E-state index contributed by atoms with van der Waals surface area (Å²) in [6.07, 6.45) is 6.61. The Balaban J connectivity index is 1.37. The number of aromatic nitrogens is 3. The number of pyridine rings is 2. The van der Waals surface area contributed by atoms with Gasteiger partial charge in [0.05, 0.1) is 9.88 Å². The number of nitrogens with one attached hydrogen (secondary N) is 1. The van der Waals surface area contributed by atoms with E-state index in [0.717, 1.165) is 58.2 Å². The van der Waals surface area contributed by atoms with Crippen molar-refractivity contribution in [2.24, 2.45) is 5.73 Å². The van der Waals surface area contributed by atoms with Crippen LogP contribution in [0.5, 0.6) is 0 Å². The van der Waals surface area contributed by atoms with Crippen LogP contribution in [0.1, 0.15) is 17.5 Å². The maximum atomic E-state index is 5.90. The molecule has 1 aromatic carbocycles. The lowest BCUT2D eigenvalue weighted by atomic mass is 10.1. The van der Waals surface area contributed by atoms with Gasteiger partial charge in [0, 0.05) is 54.4 Å². The highest BCUT2D eigenvalue weighted by molar-refractivity contribution is 7.15. The highest BCUT2D eigenvalue weighted by Crippen LogP contribution is 2.30. The van der Waals surface area contributed by atoms with Crippen molar-refractivity contribution in [3.63, 3.8) is 0 Å². The third kappa shape index (κ3) is 4.02. The molecule has 0 spiro atoms. The van der Waals surface area contributed by atoms with Crippen LogP contribution in [0.25, 0.3) is 26.9 Å². The van der Waals surface area contributed by atoms with Crippen molar-refractivity contribution in [2.45, 2.75) is 19.4 Å². The molecule has 0 saturated carbocycles. The number of hydrogen-bond donors (Lipinski definition) is 2. The molecule has 5 rings (SSSR count). The SMILES string of the molecule is C=C(Nc1cc2cc(-c3cnc(CC)s3)ccc2cn1)c1ccnc(N2CC(N)C2)c1. The van der Waals surface area contributed by atoms with Crippen LogP contribution in [0, 0.1) is 0 Å². The lowest BCUT2D eigenvalue weighted by Gasteiger charge is -2.37. The molecule has 1 saturated heterocycles. The number of nitrogens with zero attached hydrogens (tertiary/aromatic N) is 4. The van der Waals surface area contributed by atoms with Gasteiger partial charge in [0.2, 0.25) is 0 Å². The fourth-order valence-corrected chi connectivity index (χ4v) is 4.53. The summed E-state index contributed by atoms with van der Waals surface area (Å²) in [5.74, 6) is 1.69. The number of rotatable bonds is 6. The second-order valence-corrected chi connectivity index (χ2v) is 8.89. The van der Waals surface area contributed by atoms with Crippen LogP contribution < -0.4 is 16.0 Å². The maximum Gasteiger partial charge on any atom is 0.130 e. The second kappa shape index (κ2) is 8.09. The molecule has 31 heavy (non-hydrogen) atoms. The van der Waals surface area contributed by atoms with E-state index in [1.54, 1.807) is 17.5 Å². The average molecular weight is 429 g/mol. The van der Waals surface area contributed by atoms with Gasteiger partial charge in [0.1, 0.15) is 11.6 Å². The standard InChI is InChI=1S/C24H24N6S/c1-3-24-28-12-21(31-24)17-4-5-18-11-27-22(9-19(18)8-17)29-15(2)16-6-7-26-23(10-16)30-13-20(25)14-30/h4-12,20H,2-3,13-14,25H2,1H3,(H,27,29). The summed E-state index contributed by atoms with van der Waals surface area (Å²) in [6.45, 7) is 8.01. The Labute approximate surface area is 185 Å². The maximum absolute atomic E-state index is 5.90. The van der Waals surface area contributed by atoms with Crippen LogP contribution in [-0.4, -0.2) is 34.1 Å². The van der Waals surface area contributed by atoms with Crippen LogP contribution >= 0.6 is 11.3 Å². The minimum atomic E-state index is 0.233. The molecule has 156 valence electrons. The van der Waals surface area contributed by atoms with Gasteiger partial charge >= 0.3 is 0 Å². The molecule has 4 aromatic rings. The van der Waals surface area contributed by atoms with Gasteiger partial charge in [-0.2, -0.15) is 0 Å². The highest BCUT2D eigenvalue weighted by atomic mass is 32.1. The first-order chi connectivity index (χ1) is 15.1. The lowest BCUT2D eigenvalue weighted by Crippen LogP contribution is -2.56. The number of nitrogens with two attached hydrogens (primary N) is 1. The normalized spacial score (nSPS) is 13.9. The van der Waals surface area contributed by atoms with E-state index in [9.17, 15) is 0 Å². The Kier molecular flexibility index (Phi) is 5.13. The van der Waals surface area contributed by atoms with Crippen LogP contribution in [0.3, 0.4) is 0 Å². The van der Waals surface area contributed by atoms with Gasteiger partial charge in [-0.05, 0) is 41.6 Å². The van der Waals surface area contributed by atoms with E-state index < -0.39 is 0 Å². The van der Waals surface area contributed by atoms with E-state index in [1.165, 1.54) is 10.4 Å². The molecule has 0 atom stereocenters. The zero-order valence-corrected chi connectivity index (χ0v) is 18.2. The molecule has 3 N–H and O–H groups in total. The third-order valence-electron chi connectivity index (χ3n) is 5.47. The van der Waals surface area contributed by atoms with Crippen LogP contribution in [0.2, 0.25) is 0 Å². The zero-order valence-electron chi connectivity index (χ0n) is 17.4. The number of hydrogen-bond acceptors (Lipinski definition) is 7. The molecule has 0 aliphatic carbocycles. The third-order valence-corrected chi connectivity index (χ3v) is 6.66. The first kappa shape index (κ1) is 19.7. The number of aryl methyl sites for hydroxylation is 1. The summed E-state index contributed by atoms with van der Waals surface area (Å²) in [5, 5.41) is 6.72. The van der Waals surface area contributed by atoms with Crippen molar-refractivity contribution in [3.05, 3.63) is 72.1 Å². The first-order valence-corrected chi connectivity index (χ1v) is 11.2. The van der Waals surface area contributed by atoms with Gasteiger partial charge in [-0.3, -0.25) is 0 Å². The van der Waals surface area contributed by atoms with Crippen molar-refractivity contribution in [3.8, 4) is 10.4 Å². The van der Waals surface area contributed by atoms with Crippen molar-refractivity contribution in [1.29, 1.82) is 0 Å². The molecule has 6 nitrogen and oxygen atoms in total. The van der Waals surface area contributed by atoms with Gasteiger partial charge in [0.25, 0.3) is 0 Å². The minimum Gasteiger partial charge on any atom is -0.353 e. The summed E-state index contributed by atoms with van der Waals surface area (Å²) in [7, 11) is 0. The van der Waals surface area contributed by atoms with E-state index in [2.05, 4.69) is 62.9 Å². The van der Waals surface area contributed by atoms with E-state index in [0.29, 0.717) is 0 Å². The molecule has 1 fully saturated rings. The highest BCUT2D eigenvalue weighted by Gasteiger charge is 2.24. The predicted molar refractivity (Wildman–Crippen MR) is 129 cm³/mol. The van der Waals surface area contributed by atoms with Crippen LogP contribution in [0.4, 0.5) is 11.6 Å². The van der Waals surface area contributed by atoms with Gasteiger partial charge in [-0.1, -0.05) is 25.6 Å². The van der Waals surface area contributed by atoms with E-state index in [-0.39, 0.29) is 6.04 Å². The first-order valence-electron chi connectivity index (χ1n) is 10.4. The molecule has 1 aliphatic rings. The molecule has 0 bridgehead atoms. The van der Waals surface area contributed by atoms with Crippen molar-refractivity contribution >= 4 is 39.4 Å². The molecule has 1 aliphatic heterocycles. The Hall–Kier alpha value is -3.29. The topological polar surface area (TPSA) is 80.0 Å². The fraction of sp³-hybridized carbons (Fsp3) is 0.208. The number of fused-ring (bicyclic) bond motifs is 1. The smallest absolute Gasteiger partial charge is 0.130 e. The molecule has 0 unspecified atom stereocenters. The predicted octanol–water partition coefficient (Wildman–Crippen LogP) is 4.55. The number of thiazole rings is 1. The molecule has 3 aromatic heterocycles. The van der Waals surface area contributed by atoms with Crippen molar-refractivity contribution < 1.29 is 0 Å². The summed E-state index contributed by atoms with van der Waals surface area (Å²) < 4.78 is 0. The summed E-state index contributed by atoms with van der Waals surface area (Å²) in [6, 6.07) is 12.7. The van der Waals surface area contributed by atoms with Gasteiger partial charge in [0.15, 0.2) is 0 Å². The number of anilines is 2. The van der Waals surface area contributed by atoms with Gasteiger partial charge in [-0.15, -0.1) is 11.3 Å². The van der Waals surface area contributed by atoms with Crippen LogP contribution in [-0.2, 0) is 6.42 Å². The lowest BCUT2D eigenvalue weighted by molar-refractivity contribution is 0.514.